The lowest BCUT2D eigenvalue weighted by atomic mass is 9.85. The number of nitrogens with zero attached hydrogens (tertiary/aromatic N) is 6. The maximum atomic E-state index is 5.80. The molecule has 2 aromatic rings. The first-order valence-electron chi connectivity index (χ1n) is 8.39. The number of hydrogen-bond acceptors (Lipinski definition) is 6. The summed E-state index contributed by atoms with van der Waals surface area (Å²) < 4.78 is 2.06. The van der Waals surface area contributed by atoms with Crippen molar-refractivity contribution in [2.24, 2.45) is 0 Å². The monoisotopic (exact) mass is 347 g/mol. The van der Waals surface area contributed by atoms with E-state index in [2.05, 4.69) is 41.9 Å². The number of hydrogen-bond donors (Lipinski definition) is 1. The van der Waals surface area contributed by atoms with Gasteiger partial charge in [0.05, 0.1) is 35.3 Å². The molecule has 0 bridgehead atoms. The molecule has 1 aliphatic heterocycles. The highest BCUT2D eigenvalue weighted by molar-refractivity contribution is 6.30. The van der Waals surface area contributed by atoms with Crippen molar-refractivity contribution in [3.05, 3.63) is 29.8 Å². The van der Waals surface area contributed by atoms with Gasteiger partial charge in [-0.15, -0.1) is 0 Å². The zero-order valence-corrected chi connectivity index (χ0v) is 14.5. The molecule has 8 heteroatoms. The molecule has 7 nitrogen and oxygen atoms in total. The SMILES string of the molecule is CN1CCN(C2CC(n3cc(Nc4ncc(Cl)cn4)cn3)C2)CC1. The summed E-state index contributed by atoms with van der Waals surface area (Å²) in [7, 11) is 2.20. The Kier molecular flexibility index (Phi) is 4.39. The van der Waals surface area contributed by atoms with Gasteiger partial charge in [-0.05, 0) is 19.9 Å². The van der Waals surface area contributed by atoms with Crippen LogP contribution in [0.2, 0.25) is 5.02 Å². The van der Waals surface area contributed by atoms with Gasteiger partial charge in [-0.2, -0.15) is 5.10 Å². The Morgan fingerprint density at radius 2 is 1.75 bits per heavy atom. The van der Waals surface area contributed by atoms with Crippen LogP contribution in [-0.4, -0.2) is 68.8 Å². The third-order valence-electron chi connectivity index (χ3n) is 4.99. The lowest BCUT2D eigenvalue weighted by Gasteiger charge is -2.45. The second kappa shape index (κ2) is 6.66. The summed E-state index contributed by atoms with van der Waals surface area (Å²) in [6.07, 6.45) is 9.37. The second-order valence-electron chi connectivity index (χ2n) is 6.68. The van der Waals surface area contributed by atoms with Crippen LogP contribution in [0.1, 0.15) is 18.9 Å². The van der Waals surface area contributed by atoms with Crippen LogP contribution in [0.25, 0.3) is 0 Å². The van der Waals surface area contributed by atoms with Crippen LogP contribution < -0.4 is 5.32 Å². The van der Waals surface area contributed by atoms with Gasteiger partial charge in [0.15, 0.2) is 0 Å². The van der Waals surface area contributed by atoms with E-state index in [4.69, 9.17) is 11.6 Å². The molecule has 3 heterocycles. The van der Waals surface area contributed by atoms with E-state index < -0.39 is 0 Å². The Labute approximate surface area is 146 Å². The van der Waals surface area contributed by atoms with Crippen molar-refractivity contribution in [3.8, 4) is 0 Å². The van der Waals surface area contributed by atoms with Crippen molar-refractivity contribution in [3.63, 3.8) is 0 Å². The highest BCUT2D eigenvalue weighted by Crippen LogP contribution is 2.36. The Morgan fingerprint density at radius 3 is 2.46 bits per heavy atom. The lowest BCUT2D eigenvalue weighted by molar-refractivity contribution is 0.0405. The Balaban J connectivity index is 1.31. The van der Waals surface area contributed by atoms with Gasteiger partial charge in [0.1, 0.15) is 0 Å². The highest BCUT2D eigenvalue weighted by atomic mass is 35.5. The normalized spacial score (nSPS) is 25.4. The van der Waals surface area contributed by atoms with Gasteiger partial charge >= 0.3 is 0 Å². The van der Waals surface area contributed by atoms with Gasteiger partial charge in [-0.1, -0.05) is 11.6 Å². The number of likely N-dealkylation sites (N-methyl/N-ethyl adjacent to an activating group) is 1. The third-order valence-corrected chi connectivity index (χ3v) is 5.19. The maximum Gasteiger partial charge on any atom is 0.227 e. The molecule has 1 N–H and O–H groups in total. The topological polar surface area (TPSA) is 62.1 Å². The van der Waals surface area contributed by atoms with Crippen molar-refractivity contribution in [1.82, 2.24) is 29.5 Å². The number of piperazine rings is 1. The molecular weight excluding hydrogens is 326 g/mol. The van der Waals surface area contributed by atoms with Gasteiger partial charge in [0.25, 0.3) is 0 Å². The fraction of sp³-hybridized carbons (Fsp3) is 0.562. The van der Waals surface area contributed by atoms with Gasteiger partial charge in [0.2, 0.25) is 5.95 Å². The van der Waals surface area contributed by atoms with Crippen molar-refractivity contribution >= 4 is 23.2 Å². The molecule has 2 aliphatic rings. The summed E-state index contributed by atoms with van der Waals surface area (Å²) in [6.45, 7) is 4.73. The highest BCUT2D eigenvalue weighted by Gasteiger charge is 2.36. The van der Waals surface area contributed by atoms with Crippen molar-refractivity contribution in [1.29, 1.82) is 0 Å². The van der Waals surface area contributed by atoms with E-state index in [-0.39, 0.29) is 0 Å². The minimum Gasteiger partial charge on any atom is -0.321 e. The molecule has 0 unspecified atom stereocenters. The largest absolute Gasteiger partial charge is 0.321 e. The summed E-state index contributed by atoms with van der Waals surface area (Å²) >= 11 is 5.80. The van der Waals surface area contributed by atoms with E-state index in [0.29, 0.717) is 23.1 Å². The minimum absolute atomic E-state index is 0.497. The molecule has 0 spiro atoms. The Bertz CT molecular complexity index is 672. The smallest absolute Gasteiger partial charge is 0.227 e. The summed E-state index contributed by atoms with van der Waals surface area (Å²) in [6, 6.07) is 1.21. The first-order chi connectivity index (χ1) is 11.7. The van der Waals surface area contributed by atoms with Crippen molar-refractivity contribution in [2.45, 2.75) is 24.9 Å². The second-order valence-corrected chi connectivity index (χ2v) is 7.11. The van der Waals surface area contributed by atoms with E-state index in [9.17, 15) is 0 Å². The van der Waals surface area contributed by atoms with Crippen LogP contribution in [0.5, 0.6) is 0 Å². The molecule has 0 amide bonds. The third kappa shape index (κ3) is 3.38. The average Bonchev–Trinajstić information content (AvgIpc) is 2.98. The van der Waals surface area contributed by atoms with Crippen LogP contribution in [0.3, 0.4) is 0 Å². The van der Waals surface area contributed by atoms with Gasteiger partial charge in [0, 0.05) is 38.4 Å². The van der Waals surface area contributed by atoms with Crippen LogP contribution in [0.4, 0.5) is 11.6 Å². The number of aromatic nitrogens is 4. The predicted octanol–water partition coefficient (Wildman–Crippen LogP) is 2.02. The molecule has 1 saturated carbocycles. The molecule has 2 aromatic heterocycles. The molecule has 1 saturated heterocycles. The summed E-state index contributed by atoms with van der Waals surface area (Å²) in [5.41, 5.74) is 0.903. The Morgan fingerprint density at radius 1 is 1.04 bits per heavy atom. The number of rotatable bonds is 4. The molecule has 4 rings (SSSR count). The fourth-order valence-corrected chi connectivity index (χ4v) is 3.47. The number of nitrogens with one attached hydrogen (secondary N) is 1. The number of anilines is 2. The van der Waals surface area contributed by atoms with Crippen LogP contribution in [0.15, 0.2) is 24.8 Å². The van der Waals surface area contributed by atoms with Gasteiger partial charge in [-0.25, -0.2) is 9.97 Å². The molecular formula is C16H22ClN7. The van der Waals surface area contributed by atoms with Gasteiger partial charge < -0.3 is 10.2 Å². The molecule has 0 radical (unpaired) electrons. The first-order valence-corrected chi connectivity index (χ1v) is 8.76. The summed E-state index contributed by atoms with van der Waals surface area (Å²) in [4.78, 5) is 13.3. The predicted molar refractivity (Wildman–Crippen MR) is 93.7 cm³/mol. The molecule has 1 aliphatic carbocycles. The van der Waals surface area contributed by atoms with E-state index >= 15 is 0 Å². The van der Waals surface area contributed by atoms with E-state index in [0.717, 1.165) is 5.69 Å². The molecule has 0 aromatic carbocycles. The zero-order chi connectivity index (χ0) is 16.5. The summed E-state index contributed by atoms with van der Waals surface area (Å²) in [5.74, 6) is 0.530. The molecule has 24 heavy (non-hydrogen) atoms. The first kappa shape index (κ1) is 15.8. The molecule has 0 atom stereocenters. The fourth-order valence-electron chi connectivity index (χ4n) is 3.37. The van der Waals surface area contributed by atoms with Crippen molar-refractivity contribution in [2.75, 3.05) is 38.5 Å². The zero-order valence-electron chi connectivity index (χ0n) is 13.8. The maximum absolute atomic E-state index is 5.80. The molecule has 2 fully saturated rings. The van der Waals surface area contributed by atoms with E-state index in [1.54, 1.807) is 12.4 Å². The van der Waals surface area contributed by atoms with E-state index in [1.165, 1.54) is 39.0 Å². The lowest BCUT2D eigenvalue weighted by Crippen LogP contribution is -2.53. The van der Waals surface area contributed by atoms with Crippen LogP contribution >= 0.6 is 11.6 Å². The summed E-state index contributed by atoms with van der Waals surface area (Å²) in [5, 5.41) is 8.17. The average molecular weight is 348 g/mol. The van der Waals surface area contributed by atoms with Crippen LogP contribution in [-0.2, 0) is 0 Å². The quantitative estimate of drug-likeness (QED) is 0.913. The standard InChI is InChI=1S/C16H22ClN7/c1-22-2-4-23(5-3-22)14-6-15(7-14)24-11-13(10-20-24)21-16-18-8-12(17)9-19-16/h8-11,14-15H,2-7H2,1H3,(H,18,19,21). The van der Waals surface area contributed by atoms with Gasteiger partial charge in [-0.3, -0.25) is 9.58 Å². The minimum atomic E-state index is 0.497. The number of halogens is 1. The van der Waals surface area contributed by atoms with Crippen molar-refractivity contribution < 1.29 is 0 Å². The van der Waals surface area contributed by atoms with E-state index in [1.807, 2.05) is 12.4 Å². The van der Waals surface area contributed by atoms with Crippen LogP contribution in [0, 0.1) is 0 Å². The Hall–Kier alpha value is -1.70. The molecule has 128 valence electrons.